The smallest absolute Gasteiger partial charge is 0.339 e. The first kappa shape index (κ1) is 26.7. The molecule has 0 aliphatic carbocycles. The van der Waals surface area contributed by atoms with Crippen LogP contribution in [0.3, 0.4) is 0 Å². The van der Waals surface area contributed by atoms with Gasteiger partial charge in [0.15, 0.2) is 5.79 Å². The third-order valence-electron chi connectivity index (χ3n) is 8.04. The van der Waals surface area contributed by atoms with E-state index in [0.29, 0.717) is 41.4 Å². The maximum atomic E-state index is 13.6. The number of carbonyl (C=O) groups excluding carboxylic acids is 1. The molecule has 6 atom stereocenters. The van der Waals surface area contributed by atoms with Gasteiger partial charge in [-0.15, -0.1) is 0 Å². The summed E-state index contributed by atoms with van der Waals surface area (Å²) < 4.78 is 19.3. The zero-order valence-corrected chi connectivity index (χ0v) is 22.7. The number of phenolic OH excluding ortho intramolecular Hbond substituents is 1. The quantitative estimate of drug-likeness (QED) is 0.303. The molecule has 1 N–H and O–H groups in total. The van der Waals surface area contributed by atoms with E-state index in [-0.39, 0.29) is 30.0 Å². The Morgan fingerprint density at radius 1 is 1.03 bits per heavy atom. The van der Waals surface area contributed by atoms with E-state index in [1.165, 1.54) is 5.57 Å². The molecule has 2 bridgehead atoms. The molecule has 3 aliphatic heterocycles. The van der Waals surface area contributed by atoms with E-state index >= 15 is 0 Å². The van der Waals surface area contributed by atoms with Gasteiger partial charge in [-0.25, -0.2) is 4.79 Å². The third-order valence-corrected chi connectivity index (χ3v) is 8.04. The van der Waals surface area contributed by atoms with Gasteiger partial charge < -0.3 is 19.3 Å². The Labute approximate surface area is 216 Å². The Kier molecular flexibility index (Phi) is 8.11. The number of hydrogen-bond acceptors (Lipinski definition) is 5. The fourth-order valence-electron chi connectivity index (χ4n) is 5.67. The van der Waals surface area contributed by atoms with Crippen molar-refractivity contribution in [3.63, 3.8) is 0 Å². The Bertz CT molecular complexity index is 1070. The number of hydrogen-bond donors (Lipinski definition) is 1. The number of aromatic hydroxyl groups is 1. The molecule has 3 aliphatic rings. The second-order valence-corrected chi connectivity index (χ2v) is 11.3. The average Bonchev–Trinajstić information content (AvgIpc) is 2.81. The molecule has 4 rings (SSSR count). The van der Waals surface area contributed by atoms with Crippen LogP contribution in [0.5, 0.6) is 5.75 Å². The second kappa shape index (κ2) is 10.9. The largest absolute Gasteiger partial charge is 0.508 e. The maximum Gasteiger partial charge on any atom is 0.339 e. The zero-order valence-electron chi connectivity index (χ0n) is 22.7. The first-order chi connectivity index (χ1) is 17.0. The summed E-state index contributed by atoms with van der Waals surface area (Å²) in [5.41, 5.74) is 4.05. The normalized spacial score (nSPS) is 37.7. The average molecular weight is 495 g/mol. The van der Waals surface area contributed by atoms with Gasteiger partial charge in [-0.3, -0.25) is 0 Å². The molecule has 0 radical (unpaired) electrons. The van der Waals surface area contributed by atoms with Gasteiger partial charge in [-0.2, -0.15) is 0 Å². The van der Waals surface area contributed by atoms with Crippen LogP contribution in [-0.4, -0.2) is 35.2 Å². The number of benzene rings is 1. The predicted molar refractivity (Wildman–Crippen MR) is 143 cm³/mol. The summed E-state index contributed by atoms with van der Waals surface area (Å²) in [7, 11) is 0. The van der Waals surface area contributed by atoms with Gasteiger partial charge in [-0.1, -0.05) is 43.7 Å². The molecule has 1 aromatic carbocycles. The van der Waals surface area contributed by atoms with Crippen molar-refractivity contribution in [3.8, 4) is 5.75 Å². The van der Waals surface area contributed by atoms with E-state index in [2.05, 4.69) is 39.8 Å². The minimum Gasteiger partial charge on any atom is -0.508 e. The molecule has 0 aromatic heterocycles. The summed E-state index contributed by atoms with van der Waals surface area (Å²) >= 11 is 0. The summed E-state index contributed by atoms with van der Waals surface area (Å²) in [6.45, 7) is 12.5. The minimum absolute atomic E-state index is 0.0754. The molecular formula is C31H42O5. The highest BCUT2D eigenvalue weighted by Crippen LogP contribution is 2.43. The van der Waals surface area contributed by atoms with E-state index in [1.807, 2.05) is 19.1 Å². The van der Waals surface area contributed by atoms with Gasteiger partial charge in [0.2, 0.25) is 0 Å². The Hall–Kier alpha value is -2.37. The summed E-state index contributed by atoms with van der Waals surface area (Å²) in [6.07, 6.45) is 13.0. The number of allylic oxidation sites excluding steroid dienone is 5. The summed E-state index contributed by atoms with van der Waals surface area (Å²) in [4.78, 5) is 13.6. The number of carbonyl (C=O) groups is 1. The van der Waals surface area contributed by atoms with Crippen LogP contribution in [0.1, 0.15) is 94.6 Å². The van der Waals surface area contributed by atoms with Crippen molar-refractivity contribution in [1.82, 2.24) is 0 Å². The highest BCUT2D eigenvalue weighted by atomic mass is 16.7. The summed E-state index contributed by atoms with van der Waals surface area (Å²) in [5.74, 6) is -0.0581. The molecule has 5 nitrogen and oxygen atoms in total. The number of aryl methyl sites for hydroxylation is 1. The summed E-state index contributed by atoms with van der Waals surface area (Å²) in [5, 5.41) is 10.4. The van der Waals surface area contributed by atoms with E-state index in [4.69, 9.17) is 14.2 Å². The van der Waals surface area contributed by atoms with Crippen LogP contribution in [0.2, 0.25) is 0 Å². The van der Waals surface area contributed by atoms with E-state index in [1.54, 1.807) is 19.1 Å². The van der Waals surface area contributed by atoms with E-state index < -0.39 is 5.79 Å². The van der Waals surface area contributed by atoms with Crippen molar-refractivity contribution in [2.75, 3.05) is 0 Å². The first-order valence-electron chi connectivity index (χ1n) is 13.5. The monoisotopic (exact) mass is 494 g/mol. The lowest BCUT2D eigenvalue weighted by Crippen LogP contribution is -2.53. The van der Waals surface area contributed by atoms with Crippen molar-refractivity contribution < 1.29 is 24.1 Å². The van der Waals surface area contributed by atoms with E-state index in [9.17, 15) is 9.90 Å². The van der Waals surface area contributed by atoms with Crippen molar-refractivity contribution in [1.29, 1.82) is 0 Å². The molecule has 36 heavy (non-hydrogen) atoms. The fourth-order valence-corrected chi connectivity index (χ4v) is 5.67. The van der Waals surface area contributed by atoms with Crippen LogP contribution < -0.4 is 0 Å². The molecule has 3 heterocycles. The zero-order chi connectivity index (χ0) is 26.0. The van der Waals surface area contributed by atoms with Crippen molar-refractivity contribution >= 4 is 11.5 Å². The number of esters is 1. The van der Waals surface area contributed by atoms with E-state index in [0.717, 1.165) is 31.3 Å². The van der Waals surface area contributed by atoms with Crippen molar-refractivity contribution in [3.05, 3.63) is 58.7 Å². The van der Waals surface area contributed by atoms with Crippen LogP contribution in [0.15, 0.2) is 42.0 Å². The van der Waals surface area contributed by atoms with Crippen molar-refractivity contribution in [2.45, 2.75) is 104 Å². The molecule has 2 saturated heterocycles. The predicted octanol–water partition coefficient (Wildman–Crippen LogP) is 7.27. The lowest BCUT2D eigenvalue weighted by atomic mass is 9.86. The highest BCUT2D eigenvalue weighted by molar-refractivity contribution is 5.96. The second-order valence-electron chi connectivity index (χ2n) is 11.3. The van der Waals surface area contributed by atoms with Gasteiger partial charge in [-0.05, 0) is 87.6 Å². The molecule has 5 heteroatoms. The Balaban J connectivity index is 1.72. The molecule has 1 spiro atoms. The number of rotatable bonds is 0. The molecule has 2 fully saturated rings. The Morgan fingerprint density at radius 2 is 1.81 bits per heavy atom. The number of phenols is 1. The fraction of sp³-hybridized carbons (Fsp3) is 0.581. The maximum absolute atomic E-state index is 13.6. The lowest BCUT2D eigenvalue weighted by Gasteiger charge is -2.49. The molecule has 0 amide bonds. The number of ether oxygens (including phenoxy) is 3. The van der Waals surface area contributed by atoms with Crippen LogP contribution in [0, 0.1) is 18.8 Å². The van der Waals surface area contributed by atoms with Crippen LogP contribution in [0.25, 0.3) is 5.57 Å². The van der Waals surface area contributed by atoms with Crippen LogP contribution in [-0.2, 0) is 14.2 Å². The Morgan fingerprint density at radius 3 is 2.56 bits per heavy atom. The SMILES string of the molecule is C/C1=C\C[C@@H]2C[C@@H](C[C@]3(CCC(C)C(C)O3)O2)OC(=O)c2cc(C)c(O)cc2/C(C)=C/C=C/[C@H](C)C1. The third kappa shape index (κ3) is 6.12. The molecule has 0 saturated carbocycles. The van der Waals surface area contributed by atoms with Gasteiger partial charge in [0.25, 0.3) is 0 Å². The van der Waals surface area contributed by atoms with Crippen LogP contribution in [0.4, 0.5) is 0 Å². The van der Waals surface area contributed by atoms with Crippen molar-refractivity contribution in [2.24, 2.45) is 11.8 Å². The van der Waals surface area contributed by atoms with Gasteiger partial charge in [0, 0.05) is 19.3 Å². The minimum atomic E-state index is -0.716. The number of fused-ring (bicyclic) bond motifs is 3. The molecular weight excluding hydrogens is 452 g/mol. The lowest BCUT2D eigenvalue weighted by molar-refractivity contribution is -0.331. The first-order valence-corrected chi connectivity index (χ1v) is 13.5. The van der Waals surface area contributed by atoms with Gasteiger partial charge >= 0.3 is 5.97 Å². The van der Waals surface area contributed by atoms with Crippen LogP contribution >= 0.6 is 0 Å². The summed E-state index contributed by atoms with van der Waals surface area (Å²) in [6, 6.07) is 3.41. The van der Waals surface area contributed by atoms with Gasteiger partial charge in [0.05, 0.1) is 17.8 Å². The molecule has 1 aromatic rings. The topological polar surface area (TPSA) is 65.0 Å². The molecule has 2 unspecified atom stereocenters. The van der Waals surface area contributed by atoms with Gasteiger partial charge in [0.1, 0.15) is 11.9 Å². The standard InChI is InChI=1S/C31H42O5/c1-19-8-7-9-22(4)27-17-29(32)23(5)15-28(27)30(33)34-26-16-25(11-10-20(2)14-19)36-31(18-26)13-12-21(3)24(6)35-31/h7-10,15,17,19,21,24-26,32H,11-14,16,18H2,1-6H3/b8-7+,20-10+,22-9+/t19-,21?,24?,25+,26-,31-/m0/s1. The highest BCUT2D eigenvalue weighted by Gasteiger charge is 2.47. The molecule has 196 valence electrons.